The van der Waals surface area contributed by atoms with Crippen molar-refractivity contribution in [1.29, 1.82) is 0 Å². The molecule has 0 radical (unpaired) electrons. The van der Waals surface area contributed by atoms with Gasteiger partial charge < -0.3 is 9.32 Å². The number of benzene rings is 1. The highest BCUT2D eigenvalue weighted by atomic mass is 16.3. The van der Waals surface area contributed by atoms with E-state index >= 15 is 0 Å². The molecule has 0 bridgehead atoms. The first-order valence-electron chi connectivity index (χ1n) is 10.7. The van der Waals surface area contributed by atoms with Gasteiger partial charge in [0.1, 0.15) is 5.58 Å². The number of anilines is 1. The standard InChI is InChI=1S/C23H26N4O3/c1-15-5-4-9-27(11-15)23-24-19-13-26(10-8-17(19)22(29)25-23)12-16-14-30-20-7-3-2-6-18(20)21(16)28/h2-3,6-7,14-15H,4-5,8-13H2,1H3,(H,24,25,29). The molecule has 7 nitrogen and oxygen atoms in total. The number of nitrogens with one attached hydrogen (secondary N) is 1. The maximum absolute atomic E-state index is 12.8. The van der Waals surface area contributed by atoms with Crippen LogP contribution in [0.25, 0.3) is 11.0 Å². The predicted molar refractivity (Wildman–Crippen MR) is 116 cm³/mol. The van der Waals surface area contributed by atoms with E-state index in [9.17, 15) is 9.59 Å². The number of fused-ring (bicyclic) bond motifs is 2. The second-order valence-electron chi connectivity index (χ2n) is 8.56. The molecule has 5 rings (SSSR count). The average molecular weight is 406 g/mol. The number of piperidine rings is 1. The Bertz CT molecular complexity index is 1200. The van der Waals surface area contributed by atoms with E-state index in [-0.39, 0.29) is 11.0 Å². The number of nitrogens with zero attached hydrogens (tertiary/aromatic N) is 3. The smallest absolute Gasteiger partial charge is 0.255 e. The molecule has 30 heavy (non-hydrogen) atoms. The van der Waals surface area contributed by atoms with E-state index in [1.54, 1.807) is 18.4 Å². The molecule has 2 aromatic heterocycles. The van der Waals surface area contributed by atoms with Gasteiger partial charge >= 0.3 is 0 Å². The fourth-order valence-electron chi connectivity index (χ4n) is 4.62. The van der Waals surface area contributed by atoms with Gasteiger partial charge in [-0.2, -0.15) is 0 Å². The van der Waals surface area contributed by atoms with Crippen molar-refractivity contribution in [3.8, 4) is 0 Å². The summed E-state index contributed by atoms with van der Waals surface area (Å²) in [4.78, 5) is 37.7. The molecule has 1 atom stereocenters. The van der Waals surface area contributed by atoms with Crippen molar-refractivity contribution in [2.45, 2.75) is 39.3 Å². The van der Waals surface area contributed by atoms with Gasteiger partial charge in [-0.25, -0.2) is 4.98 Å². The minimum Gasteiger partial charge on any atom is -0.464 e. The number of aromatic amines is 1. The van der Waals surface area contributed by atoms with E-state index in [4.69, 9.17) is 9.40 Å². The molecule has 1 N–H and O–H groups in total. The molecule has 3 aromatic rings. The summed E-state index contributed by atoms with van der Waals surface area (Å²) in [5.41, 5.74) is 2.80. The van der Waals surface area contributed by atoms with Gasteiger partial charge in [0.05, 0.1) is 17.3 Å². The Morgan fingerprint density at radius 1 is 1.23 bits per heavy atom. The molecule has 0 aliphatic carbocycles. The van der Waals surface area contributed by atoms with E-state index < -0.39 is 0 Å². The lowest BCUT2D eigenvalue weighted by molar-refractivity contribution is 0.238. The maximum atomic E-state index is 12.8. The van der Waals surface area contributed by atoms with Crippen molar-refractivity contribution in [3.63, 3.8) is 0 Å². The topological polar surface area (TPSA) is 82.4 Å². The first-order chi connectivity index (χ1) is 14.6. The highest BCUT2D eigenvalue weighted by Gasteiger charge is 2.25. The number of rotatable bonds is 3. The fourth-order valence-corrected chi connectivity index (χ4v) is 4.62. The Morgan fingerprint density at radius 3 is 2.97 bits per heavy atom. The van der Waals surface area contributed by atoms with Gasteiger partial charge in [-0.05, 0) is 37.3 Å². The highest BCUT2D eigenvalue weighted by Crippen LogP contribution is 2.22. The van der Waals surface area contributed by atoms with Crippen molar-refractivity contribution in [2.75, 3.05) is 24.5 Å². The van der Waals surface area contributed by atoms with Crippen molar-refractivity contribution >= 4 is 16.9 Å². The van der Waals surface area contributed by atoms with Crippen molar-refractivity contribution in [1.82, 2.24) is 14.9 Å². The summed E-state index contributed by atoms with van der Waals surface area (Å²) in [5.74, 6) is 1.28. The normalized spacial score (nSPS) is 19.8. The summed E-state index contributed by atoms with van der Waals surface area (Å²) in [5, 5.41) is 0.600. The number of aromatic nitrogens is 2. The molecule has 1 aromatic carbocycles. The monoisotopic (exact) mass is 406 g/mol. The summed E-state index contributed by atoms with van der Waals surface area (Å²) >= 11 is 0. The first-order valence-corrected chi connectivity index (χ1v) is 10.7. The molecule has 2 aliphatic heterocycles. The highest BCUT2D eigenvalue weighted by molar-refractivity contribution is 5.76. The Kier molecular flexibility index (Phi) is 4.90. The Morgan fingerprint density at radius 2 is 2.10 bits per heavy atom. The SMILES string of the molecule is CC1CCCN(c2nc3c(c(=O)[nH]2)CCN(Cc2coc4ccccc4c2=O)C3)C1. The third kappa shape index (κ3) is 3.54. The quantitative estimate of drug-likeness (QED) is 0.720. The van der Waals surface area contributed by atoms with E-state index in [0.29, 0.717) is 54.5 Å². The van der Waals surface area contributed by atoms with Crippen LogP contribution < -0.4 is 15.9 Å². The Hall–Kier alpha value is -2.93. The number of H-pyrrole nitrogens is 1. The summed E-state index contributed by atoms with van der Waals surface area (Å²) in [7, 11) is 0. The van der Waals surface area contributed by atoms with Gasteiger partial charge in [-0.1, -0.05) is 19.1 Å². The number of hydrogen-bond acceptors (Lipinski definition) is 6. The third-order valence-corrected chi connectivity index (χ3v) is 6.24. The van der Waals surface area contributed by atoms with Crippen molar-refractivity contribution in [2.24, 2.45) is 5.92 Å². The molecule has 2 aliphatic rings. The van der Waals surface area contributed by atoms with Crippen LogP contribution in [0.5, 0.6) is 0 Å². The van der Waals surface area contributed by atoms with Crippen LogP contribution in [-0.2, 0) is 19.5 Å². The molecule has 0 saturated carbocycles. The minimum atomic E-state index is -0.0295. The van der Waals surface area contributed by atoms with Crippen LogP contribution in [0, 0.1) is 5.92 Å². The molecule has 0 amide bonds. The van der Waals surface area contributed by atoms with E-state index in [1.807, 2.05) is 12.1 Å². The molecule has 7 heteroatoms. The summed E-state index contributed by atoms with van der Waals surface area (Å²) in [6.07, 6.45) is 4.53. The lowest BCUT2D eigenvalue weighted by Gasteiger charge is -2.33. The molecule has 1 fully saturated rings. The van der Waals surface area contributed by atoms with Crippen molar-refractivity contribution < 1.29 is 4.42 Å². The van der Waals surface area contributed by atoms with E-state index in [1.165, 1.54) is 6.42 Å². The Balaban J connectivity index is 1.40. The van der Waals surface area contributed by atoms with Crippen LogP contribution in [0.4, 0.5) is 5.95 Å². The van der Waals surface area contributed by atoms with E-state index in [0.717, 1.165) is 30.8 Å². The third-order valence-electron chi connectivity index (χ3n) is 6.24. The first kappa shape index (κ1) is 19.1. The maximum Gasteiger partial charge on any atom is 0.255 e. The van der Waals surface area contributed by atoms with Gasteiger partial charge in [0.25, 0.3) is 5.56 Å². The molecular weight excluding hydrogens is 380 g/mol. The largest absolute Gasteiger partial charge is 0.464 e. The van der Waals surface area contributed by atoms with E-state index in [2.05, 4.69) is 21.7 Å². The Labute approximate surface area is 174 Å². The van der Waals surface area contributed by atoms with Gasteiger partial charge in [-0.15, -0.1) is 0 Å². The van der Waals surface area contributed by atoms with Gasteiger partial charge in [0.2, 0.25) is 5.95 Å². The second-order valence-corrected chi connectivity index (χ2v) is 8.56. The zero-order valence-electron chi connectivity index (χ0n) is 17.2. The van der Waals surface area contributed by atoms with Crippen LogP contribution >= 0.6 is 0 Å². The summed E-state index contributed by atoms with van der Waals surface area (Å²) in [6.45, 7) is 5.83. The lowest BCUT2D eigenvalue weighted by atomic mass is 10.0. The molecule has 1 saturated heterocycles. The van der Waals surface area contributed by atoms with Crippen LogP contribution in [-0.4, -0.2) is 34.5 Å². The molecule has 156 valence electrons. The van der Waals surface area contributed by atoms with Crippen molar-refractivity contribution in [3.05, 3.63) is 67.9 Å². The zero-order valence-corrected chi connectivity index (χ0v) is 17.2. The average Bonchev–Trinajstić information content (AvgIpc) is 2.76. The second kappa shape index (κ2) is 7.72. The molecular formula is C23H26N4O3. The van der Waals surface area contributed by atoms with Crippen LogP contribution in [0.1, 0.15) is 36.6 Å². The van der Waals surface area contributed by atoms with Gasteiger partial charge in [-0.3, -0.25) is 19.5 Å². The van der Waals surface area contributed by atoms with Gasteiger partial charge in [0.15, 0.2) is 5.43 Å². The fraction of sp³-hybridized carbons (Fsp3) is 0.435. The molecule has 1 unspecified atom stereocenters. The summed E-state index contributed by atoms with van der Waals surface area (Å²) in [6, 6.07) is 7.30. The van der Waals surface area contributed by atoms with Crippen LogP contribution in [0.2, 0.25) is 0 Å². The predicted octanol–water partition coefficient (Wildman–Crippen LogP) is 2.67. The lowest BCUT2D eigenvalue weighted by Crippen LogP contribution is -2.40. The summed E-state index contributed by atoms with van der Waals surface area (Å²) < 4.78 is 5.66. The van der Waals surface area contributed by atoms with Crippen LogP contribution in [0.3, 0.4) is 0 Å². The minimum absolute atomic E-state index is 0.00417. The zero-order chi connectivity index (χ0) is 20.7. The number of hydrogen-bond donors (Lipinski definition) is 1. The molecule has 4 heterocycles. The number of para-hydroxylation sites is 1. The van der Waals surface area contributed by atoms with Gasteiger partial charge in [0, 0.05) is 43.9 Å². The van der Waals surface area contributed by atoms with Crippen LogP contribution in [0.15, 0.2) is 44.5 Å². The molecule has 0 spiro atoms.